The van der Waals surface area contributed by atoms with Gasteiger partial charge in [0.25, 0.3) is 0 Å². The first-order valence-electron chi connectivity index (χ1n) is 6.67. The maximum atomic E-state index is 5.88. The maximum absolute atomic E-state index is 5.88. The molecule has 2 nitrogen and oxygen atoms in total. The van der Waals surface area contributed by atoms with Gasteiger partial charge in [-0.05, 0) is 23.6 Å². The summed E-state index contributed by atoms with van der Waals surface area (Å²) in [6.45, 7) is 10.4. The number of hydrogen-bond acceptors (Lipinski definition) is 2. The van der Waals surface area contributed by atoms with Gasteiger partial charge in [-0.2, -0.15) is 0 Å². The lowest BCUT2D eigenvalue weighted by Crippen LogP contribution is -2.13. The van der Waals surface area contributed by atoms with Gasteiger partial charge in [-0.3, -0.25) is 0 Å². The zero-order chi connectivity index (χ0) is 13.2. The van der Waals surface area contributed by atoms with Crippen LogP contribution in [0.15, 0.2) is 30.8 Å². The molecule has 1 aromatic rings. The molecule has 1 rings (SSSR count). The predicted molar refractivity (Wildman–Crippen MR) is 80.4 cm³/mol. The zero-order valence-corrected chi connectivity index (χ0v) is 12.9. The average molecular weight is 264 g/mol. The Bertz CT molecular complexity index is 335. The van der Waals surface area contributed by atoms with Crippen LogP contribution in [-0.4, -0.2) is 23.0 Å². The first-order valence-corrected chi connectivity index (χ1v) is 8.06. The monoisotopic (exact) mass is 264 g/mol. The molecule has 100 valence electrons. The van der Waals surface area contributed by atoms with Crippen molar-refractivity contribution in [1.29, 1.82) is 0 Å². The van der Waals surface area contributed by atoms with Crippen molar-refractivity contribution in [2.75, 3.05) is 13.2 Å². The van der Waals surface area contributed by atoms with E-state index in [1.165, 1.54) is 5.56 Å². The third-order valence-electron chi connectivity index (χ3n) is 2.97. The second-order valence-corrected chi connectivity index (χ2v) is 6.29. The predicted octanol–water partition coefficient (Wildman–Crippen LogP) is 3.17. The molecule has 0 radical (unpaired) electrons. The highest BCUT2D eigenvalue weighted by molar-refractivity contribution is 6.29. The van der Waals surface area contributed by atoms with Crippen LogP contribution in [0.5, 0.6) is 0 Å². The fourth-order valence-corrected chi connectivity index (χ4v) is 2.85. The summed E-state index contributed by atoms with van der Waals surface area (Å²) in [6.07, 6.45) is 3.01. The lowest BCUT2D eigenvalue weighted by Gasteiger charge is -2.14. The van der Waals surface area contributed by atoms with Gasteiger partial charge in [0, 0.05) is 13.2 Å². The Labute approximate surface area is 113 Å². The molecular formula is C15H24O2Si. The van der Waals surface area contributed by atoms with Gasteiger partial charge in [-0.15, -0.1) is 0 Å². The molecular weight excluding hydrogens is 240 g/mol. The van der Waals surface area contributed by atoms with Crippen LogP contribution < -0.4 is 0 Å². The molecule has 0 saturated heterocycles. The van der Waals surface area contributed by atoms with Gasteiger partial charge < -0.3 is 9.16 Å². The molecule has 0 N–H and O–H groups in total. The number of rotatable bonds is 9. The summed E-state index contributed by atoms with van der Waals surface area (Å²) in [7, 11) is -0.499. The Kier molecular flexibility index (Phi) is 7.65. The highest BCUT2D eigenvalue weighted by Gasteiger charge is 2.07. The summed E-state index contributed by atoms with van der Waals surface area (Å²) in [5.74, 6) is 0. The minimum absolute atomic E-state index is 0.499. The van der Waals surface area contributed by atoms with E-state index in [2.05, 4.69) is 37.8 Å². The maximum Gasteiger partial charge on any atom is 0.167 e. The second kappa shape index (κ2) is 9.08. The highest BCUT2D eigenvalue weighted by Crippen LogP contribution is 2.11. The second-order valence-electron chi connectivity index (χ2n) is 4.39. The Hall–Kier alpha value is -0.903. The standard InChI is InChI=1S/C15H24O2Si/c1-4-13-7-9-14(10-8-13)11-17-18-15(5-2)12-16-6-3/h4,7-10,15H,1,5-6,11-12,18H2,2-3H3. The van der Waals surface area contributed by atoms with Crippen molar-refractivity contribution in [3.8, 4) is 0 Å². The van der Waals surface area contributed by atoms with Crippen LogP contribution in [0, 0.1) is 0 Å². The molecule has 0 saturated carbocycles. The molecule has 0 aliphatic carbocycles. The van der Waals surface area contributed by atoms with Crippen LogP contribution in [0.4, 0.5) is 0 Å². The molecule has 1 atom stereocenters. The van der Waals surface area contributed by atoms with Crippen molar-refractivity contribution in [3.63, 3.8) is 0 Å². The van der Waals surface area contributed by atoms with Crippen LogP contribution in [-0.2, 0) is 15.8 Å². The van der Waals surface area contributed by atoms with Gasteiger partial charge in [-0.25, -0.2) is 0 Å². The molecule has 0 bridgehead atoms. The van der Waals surface area contributed by atoms with Crippen molar-refractivity contribution in [2.45, 2.75) is 32.4 Å². The van der Waals surface area contributed by atoms with Crippen LogP contribution >= 0.6 is 0 Å². The van der Waals surface area contributed by atoms with Crippen molar-refractivity contribution >= 4 is 15.8 Å². The van der Waals surface area contributed by atoms with Gasteiger partial charge >= 0.3 is 0 Å². The summed E-state index contributed by atoms with van der Waals surface area (Å²) < 4.78 is 11.3. The van der Waals surface area contributed by atoms with E-state index in [1.54, 1.807) is 0 Å². The molecule has 0 aliphatic heterocycles. The van der Waals surface area contributed by atoms with Crippen LogP contribution in [0.25, 0.3) is 6.08 Å². The lowest BCUT2D eigenvalue weighted by molar-refractivity contribution is 0.139. The normalized spacial score (nSPS) is 13.0. The lowest BCUT2D eigenvalue weighted by atomic mass is 10.1. The zero-order valence-electron chi connectivity index (χ0n) is 11.5. The molecule has 0 heterocycles. The molecule has 0 aliphatic rings. The summed E-state index contributed by atoms with van der Waals surface area (Å²) in [6, 6.07) is 8.36. The molecule has 1 aromatic carbocycles. The van der Waals surface area contributed by atoms with Crippen LogP contribution in [0.1, 0.15) is 31.4 Å². The SMILES string of the molecule is C=Cc1ccc(CO[SiH2]C(CC)COCC)cc1. The fraction of sp³-hybridized carbons (Fsp3) is 0.467. The van der Waals surface area contributed by atoms with E-state index in [-0.39, 0.29) is 0 Å². The van der Waals surface area contributed by atoms with E-state index in [4.69, 9.17) is 9.16 Å². The van der Waals surface area contributed by atoms with Crippen molar-refractivity contribution in [1.82, 2.24) is 0 Å². The van der Waals surface area contributed by atoms with Crippen molar-refractivity contribution in [2.24, 2.45) is 0 Å². The third kappa shape index (κ3) is 5.62. The van der Waals surface area contributed by atoms with Gasteiger partial charge in [0.1, 0.15) is 0 Å². The van der Waals surface area contributed by atoms with Gasteiger partial charge in [0.2, 0.25) is 0 Å². The summed E-state index contributed by atoms with van der Waals surface area (Å²) in [4.78, 5) is 0. The van der Waals surface area contributed by atoms with Crippen LogP contribution in [0.2, 0.25) is 5.54 Å². The van der Waals surface area contributed by atoms with E-state index in [0.717, 1.165) is 31.8 Å². The molecule has 0 amide bonds. The Morgan fingerprint density at radius 3 is 2.56 bits per heavy atom. The van der Waals surface area contributed by atoms with Gasteiger partial charge in [0.05, 0.1) is 6.61 Å². The minimum Gasteiger partial charge on any atom is -0.419 e. The summed E-state index contributed by atoms with van der Waals surface area (Å²) in [5.41, 5.74) is 3.02. The molecule has 0 aromatic heterocycles. The van der Waals surface area contributed by atoms with E-state index >= 15 is 0 Å². The van der Waals surface area contributed by atoms with E-state index < -0.39 is 9.76 Å². The molecule has 1 unspecified atom stereocenters. The molecule has 0 fully saturated rings. The molecule has 18 heavy (non-hydrogen) atoms. The van der Waals surface area contributed by atoms with Gasteiger partial charge in [0.15, 0.2) is 9.76 Å². The average Bonchev–Trinajstić information content (AvgIpc) is 2.43. The summed E-state index contributed by atoms with van der Waals surface area (Å²) >= 11 is 0. The number of hydrogen-bond donors (Lipinski definition) is 0. The van der Waals surface area contributed by atoms with E-state index in [0.29, 0.717) is 5.54 Å². The number of ether oxygens (including phenoxy) is 1. The first-order chi connectivity index (χ1) is 8.80. The summed E-state index contributed by atoms with van der Waals surface area (Å²) in [5, 5.41) is 0. The van der Waals surface area contributed by atoms with Crippen molar-refractivity contribution < 1.29 is 9.16 Å². The third-order valence-corrected chi connectivity index (χ3v) is 4.70. The fourth-order valence-electron chi connectivity index (χ4n) is 1.66. The largest absolute Gasteiger partial charge is 0.419 e. The quantitative estimate of drug-likeness (QED) is 0.638. The number of benzene rings is 1. The topological polar surface area (TPSA) is 18.5 Å². The molecule has 0 spiro atoms. The smallest absolute Gasteiger partial charge is 0.167 e. The van der Waals surface area contributed by atoms with Crippen LogP contribution in [0.3, 0.4) is 0 Å². The van der Waals surface area contributed by atoms with E-state index in [9.17, 15) is 0 Å². The Morgan fingerprint density at radius 2 is 2.00 bits per heavy atom. The minimum atomic E-state index is -0.499. The van der Waals surface area contributed by atoms with Crippen molar-refractivity contribution in [3.05, 3.63) is 42.0 Å². The Balaban J connectivity index is 2.28. The van der Waals surface area contributed by atoms with Gasteiger partial charge in [-0.1, -0.05) is 50.3 Å². The van der Waals surface area contributed by atoms with E-state index in [1.807, 2.05) is 13.0 Å². The molecule has 3 heteroatoms. The first kappa shape index (κ1) is 15.2. The Morgan fingerprint density at radius 1 is 1.28 bits per heavy atom. The highest BCUT2D eigenvalue weighted by atomic mass is 28.2.